The number of fused-ring (bicyclic) bond motifs is 2. The monoisotopic (exact) mass is 352 g/mol. The number of carbonyl (C=O) groups excluding carboxylic acids is 1. The molecule has 6 nitrogen and oxygen atoms in total. The Morgan fingerprint density at radius 2 is 2.00 bits per heavy atom. The van der Waals surface area contributed by atoms with E-state index in [2.05, 4.69) is 14.8 Å². The zero-order valence-electron chi connectivity index (χ0n) is 14.9. The molecule has 6 heteroatoms. The lowest BCUT2D eigenvalue weighted by atomic mass is 10.1. The molecule has 1 saturated heterocycles. The summed E-state index contributed by atoms with van der Waals surface area (Å²) in [5.41, 5.74) is 1.12. The summed E-state index contributed by atoms with van der Waals surface area (Å²) < 4.78 is 8.22. The molecule has 2 aromatic rings. The second-order valence-corrected chi connectivity index (χ2v) is 7.54. The maximum Gasteiger partial charge on any atom is 0.264 e. The fourth-order valence-electron chi connectivity index (χ4n) is 4.56. The van der Waals surface area contributed by atoms with Gasteiger partial charge in [0, 0.05) is 25.9 Å². The molecule has 3 aliphatic rings. The van der Waals surface area contributed by atoms with Gasteiger partial charge < -0.3 is 14.2 Å². The third-order valence-corrected chi connectivity index (χ3v) is 5.89. The van der Waals surface area contributed by atoms with Crippen LogP contribution in [0, 0.1) is 0 Å². The fraction of sp³-hybridized carbons (Fsp3) is 0.550. The van der Waals surface area contributed by atoms with Gasteiger partial charge in [-0.05, 0) is 37.3 Å². The molecule has 136 valence electrons. The maximum absolute atomic E-state index is 13.2. The average Bonchev–Trinajstić information content (AvgIpc) is 3.35. The molecule has 3 aliphatic heterocycles. The standard InChI is InChI=1S/C20H24N4O2/c25-20(17-13-14-7-3-4-9-16(14)26-17)23-12-6-8-15(23)19-22-21-18-10-2-1-5-11-24(18)19/h3-4,7,9,15,17H,1-2,5-6,8,10-13H2/t15-,17-/m1/s1. The number of benzene rings is 1. The SMILES string of the molecule is O=C([C@H]1Cc2ccccc2O1)N1CCC[C@@H]1c1nnc2n1CCCCC2. The van der Waals surface area contributed by atoms with Gasteiger partial charge in [0.2, 0.25) is 0 Å². The van der Waals surface area contributed by atoms with E-state index in [4.69, 9.17) is 4.74 Å². The van der Waals surface area contributed by atoms with Gasteiger partial charge in [-0.15, -0.1) is 10.2 Å². The second-order valence-electron chi connectivity index (χ2n) is 7.54. The van der Waals surface area contributed by atoms with Crippen LogP contribution in [0.5, 0.6) is 5.75 Å². The molecule has 0 N–H and O–H groups in total. The number of rotatable bonds is 2. The van der Waals surface area contributed by atoms with E-state index in [-0.39, 0.29) is 11.9 Å². The summed E-state index contributed by atoms with van der Waals surface area (Å²) in [6.45, 7) is 1.75. The third kappa shape index (κ3) is 2.59. The quantitative estimate of drug-likeness (QED) is 0.834. The molecular formula is C20H24N4O2. The number of hydrogen-bond donors (Lipinski definition) is 0. The van der Waals surface area contributed by atoms with Gasteiger partial charge in [-0.25, -0.2) is 0 Å². The van der Waals surface area contributed by atoms with Gasteiger partial charge in [0.15, 0.2) is 11.9 Å². The highest BCUT2D eigenvalue weighted by atomic mass is 16.5. The smallest absolute Gasteiger partial charge is 0.264 e. The zero-order chi connectivity index (χ0) is 17.5. The number of likely N-dealkylation sites (tertiary alicyclic amines) is 1. The molecule has 5 rings (SSSR count). The summed E-state index contributed by atoms with van der Waals surface area (Å²) in [5, 5.41) is 8.93. The first-order valence-corrected chi connectivity index (χ1v) is 9.78. The van der Waals surface area contributed by atoms with Crippen molar-refractivity contribution < 1.29 is 9.53 Å². The number of amides is 1. The van der Waals surface area contributed by atoms with Crippen LogP contribution in [-0.4, -0.2) is 38.2 Å². The minimum atomic E-state index is -0.403. The number of carbonyl (C=O) groups is 1. The molecule has 0 aliphatic carbocycles. The highest BCUT2D eigenvalue weighted by Crippen LogP contribution is 2.35. The molecule has 0 saturated carbocycles. The number of nitrogens with zero attached hydrogens (tertiary/aromatic N) is 4. The number of para-hydroxylation sites is 1. The van der Waals surface area contributed by atoms with Crippen molar-refractivity contribution in [2.24, 2.45) is 0 Å². The molecule has 1 aromatic carbocycles. The molecule has 2 atom stereocenters. The summed E-state index contributed by atoms with van der Waals surface area (Å²) in [5.74, 6) is 3.00. The van der Waals surface area contributed by atoms with Crippen LogP contribution in [0.25, 0.3) is 0 Å². The lowest BCUT2D eigenvalue weighted by molar-refractivity contribution is -0.139. The van der Waals surface area contributed by atoms with Crippen molar-refractivity contribution >= 4 is 5.91 Å². The van der Waals surface area contributed by atoms with E-state index in [0.29, 0.717) is 6.42 Å². The topological polar surface area (TPSA) is 60.2 Å². The molecule has 4 heterocycles. The average molecular weight is 352 g/mol. The van der Waals surface area contributed by atoms with Gasteiger partial charge >= 0.3 is 0 Å². The van der Waals surface area contributed by atoms with Gasteiger partial charge in [-0.3, -0.25) is 4.79 Å². The number of ether oxygens (including phenoxy) is 1. The third-order valence-electron chi connectivity index (χ3n) is 5.89. The van der Waals surface area contributed by atoms with E-state index in [1.807, 2.05) is 29.2 Å². The van der Waals surface area contributed by atoms with Gasteiger partial charge in [-0.1, -0.05) is 24.6 Å². The van der Waals surface area contributed by atoms with Crippen molar-refractivity contribution in [1.82, 2.24) is 19.7 Å². The van der Waals surface area contributed by atoms with Crippen LogP contribution in [0.3, 0.4) is 0 Å². The molecule has 1 amide bonds. The Kier molecular flexibility index (Phi) is 3.91. The Bertz CT molecular complexity index is 806. The largest absolute Gasteiger partial charge is 0.480 e. The Balaban J connectivity index is 1.38. The van der Waals surface area contributed by atoms with Crippen LogP contribution in [0.4, 0.5) is 0 Å². The molecule has 26 heavy (non-hydrogen) atoms. The Morgan fingerprint density at radius 3 is 2.92 bits per heavy atom. The molecule has 1 fully saturated rings. The second kappa shape index (κ2) is 6.41. The molecule has 1 aromatic heterocycles. The highest BCUT2D eigenvalue weighted by Gasteiger charge is 2.40. The summed E-state index contributed by atoms with van der Waals surface area (Å²) >= 11 is 0. The Hall–Kier alpha value is -2.37. The van der Waals surface area contributed by atoms with Gasteiger partial charge in [-0.2, -0.15) is 0 Å². The summed E-state index contributed by atoms with van der Waals surface area (Å²) in [6.07, 6.45) is 6.82. The first-order valence-electron chi connectivity index (χ1n) is 9.78. The minimum Gasteiger partial charge on any atom is -0.480 e. The molecule has 0 radical (unpaired) electrons. The van der Waals surface area contributed by atoms with Crippen LogP contribution >= 0.6 is 0 Å². The minimum absolute atomic E-state index is 0.0363. The van der Waals surface area contributed by atoms with Gasteiger partial charge in [0.05, 0.1) is 6.04 Å². The van der Waals surface area contributed by atoms with Crippen LogP contribution in [0.2, 0.25) is 0 Å². The highest BCUT2D eigenvalue weighted by molar-refractivity contribution is 5.83. The van der Waals surface area contributed by atoms with Crippen molar-refractivity contribution in [1.29, 1.82) is 0 Å². The molecule has 0 bridgehead atoms. The predicted octanol–water partition coefficient (Wildman–Crippen LogP) is 2.67. The summed E-state index contributed by atoms with van der Waals surface area (Å²) in [4.78, 5) is 15.2. The number of hydrogen-bond acceptors (Lipinski definition) is 4. The Morgan fingerprint density at radius 1 is 1.08 bits per heavy atom. The van der Waals surface area contributed by atoms with E-state index >= 15 is 0 Å². The van der Waals surface area contributed by atoms with Crippen molar-refractivity contribution in [2.45, 2.75) is 63.6 Å². The maximum atomic E-state index is 13.2. The molecular weight excluding hydrogens is 328 g/mol. The van der Waals surface area contributed by atoms with Crippen LogP contribution < -0.4 is 4.74 Å². The first-order chi connectivity index (χ1) is 12.8. The van der Waals surface area contributed by atoms with Crippen LogP contribution in [0.1, 0.15) is 55.4 Å². The number of aryl methyl sites for hydroxylation is 1. The van der Waals surface area contributed by atoms with Crippen molar-refractivity contribution in [3.05, 3.63) is 41.5 Å². The van der Waals surface area contributed by atoms with Crippen molar-refractivity contribution in [2.75, 3.05) is 6.54 Å². The van der Waals surface area contributed by atoms with E-state index < -0.39 is 6.10 Å². The van der Waals surface area contributed by atoms with Crippen LogP contribution in [0.15, 0.2) is 24.3 Å². The van der Waals surface area contributed by atoms with Crippen molar-refractivity contribution in [3.8, 4) is 5.75 Å². The summed E-state index contributed by atoms with van der Waals surface area (Å²) in [7, 11) is 0. The molecule has 0 spiro atoms. The van der Waals surface area contributed by atoms with E-state index in [1.54, 1.807) is 0 Å². The van der Waals surface area contributed by atoms with Crippen LogP contribution in [-0.2, 0) is 24.2 Å². The van der Waals surface area contributed by atoms with Gasteiger partial charge in [0.25, 0.3) is 5.91 Å². The first kappa shape index (κ1) is 15.9. The van der Waals surface area contributed by atoms with Gasteiger partial charge in [0.1, 0.15) is 11.6 Å². The zero-order valence-corrected chi connectivity index (χ0v) is 14.9. The van der Waals surface area contributed by atoms with E-state index in [9.17, 15) is 4.79 Å². The van der Waals surface area contributed by atoms with Crippen molar-refractivity contribution in [3.63, 3.8) is 0 Å². The fourth-order valence-corrected chi connectivity index (χ4v) is 4.56. The lowest BCUT2D eigenvalue weighted by Gasteiger charge is -2.27. The normalized spacial score (nSPS) is 24.7. The lowest BCUT2D eigenvalue weighted by Crippen LogP contribution is -2.41. The molecule has 0 unspecified atom stereocenters. The summed E-state index contributed by atoms with van der Waals surface area (Å²) in [6, 6.07) is 7.98. The van der Waals surface area contributed by atoms with E-state index in [0.717, 1.165) is 55.3 Å². The number of aromatic nitrogens is 3. The van der Waals surface area contributed by atoms with E-state index in [1.165, 1.54) is 19.3 Å². The Labute approximate surface area is 153 Å². The predicted molar refractivity (Wildman–Crippen MR) is 95.8 cm³/mol.